The maximum Gasteiger partial charge on any atom is 0.488 e. The first-order valence-electron chi connectivity index (χ1n) is 6.68. The monoisotopic (exact) mass is 279 g/mol. The largest absolute Gasteiger partial charge is 0.488 e. The number of pyridine rings is 1. The van der Waals surface area contributed by atoms with Crippen LogP contribution in [0.25, 0.3) is 10.9 Å². The summed E-state index contributed by atoms with van der Waals surface area (Å²) >= 11 is 0. The summed E-state index contributed by atoms with van der Waals surface area (Å²) in [5.74, 6) is 0. The SMILES string of the molecule is O=c1ccn(Cc2cccc(B(O)O)c2)c2ccccc12. The summed E-state index contributed by atoms with van der Waals surface area (Å²) in [6, 6.07) is 16.1. The van der Waals surface area contributed by atoms with Crippen LogP contribution in [0.3, 0.4) is 0 Å². The van der Waals surface area contributed by atoms with Crippen LogP contribution in [0.15, 0.2) is 65.6 Å². The summed E-state index contributed by atoms with van der Waals surface area (Å²) in [6.07, 6.45) is 1.76. The van der Waals surface area contributed by atoms with Gasteiger partial charge in [-0.25, -0.2) is 0 Å². The van der Waals surface area contributed by atoms with E-state index in [9.17, 15) is 14.8 Å². The van der Waals surface area contributed by atoms with E-state index >= 15 is 0 Å². The average molecular weight is 279 g/mol. The Morgan fingerprint density at radius 2 is 1.81 bits per heavy atom. The van der Waals surface area contributed by atoms with Crippen LogP contribution < -0.4 is 10.9 Å². The highest BCUT2D eigenvalue weighted by atomic mass is 16.4. The van der Waals surface area contributed by atoms with Crippen LogP contribution in [-0.2, 0) is 6.54 Å². The van der Waals surface area contributed by atoms with E-state index in [4.69, 9.17) is 0 Å². The van der Waals surface area contributed by atoms with Gasteiger partial charge in [0.1, 0.15) is 0 Å². The molecule has 0 fully saturated rings. The lowest BCUT2D eigenvalue weighted by Gasteiger charge is -2.11. The van der Waals surface area contributed by atoms with E-state index < -0.39 is 7.12 Å². The number of benzene rings is 2. The van der Waals surface area contributed by atoms with Gasteiger partial charge in [0, 0.05) is 24.2 Å². The van der Waals surface area contributed by atoms with E-state index in [2.05, 4.69) is 0 Å². The van der Waals surface area contributed by atoms with Gasteiger partial charge in [-0.2, -0.15) is 0 Å². The number of nitrogens with zero attached hydrogens (tertiary/aromatic N) is 1. The van der Waals surface area contributed by atoms with Crippen molar-refractivity contribution in [3.05, 3.63) is 76.6 Å². The molecule has 0 saturated heterocycles. The minimum Gasteiger partial charge on any atom is -0.423 e. The lowest BCUT2D eigenvalue weighted by molar-refractivity contribution is 0.425. The third-order valence-corrected chi connectivity index (χ3v) is 3.49. The molecule has 0 aliphatic heterocycles. The maximum atomic E-state index is 11.8. The summed E-state index contributed by atoms with van der Waals surface area (Å²) in [5, 5.41) is 19.1. The Labute approximate surface area is 122 Å². The molecule has 2 N–H and O–H groups in total. The van der Waals surface area contributed by atoms with Crippen LogP contribution >= 0.6 is 0 Å². The quantitative estimate of drug-likeness (QED) is 0.695. The number of hydrogen-bond acceptors (Lipinski definition) is 3. The second-order valence-corrected chi connectivity index (χ2v) is 4.94. The molecule has 0 spiro atoms. The highest BCUT2D eigenvalue weighted by Gasteiger charge is 2.11. The maximum absolute atomic E-state index is 11.8. The zero-order valence-electron chi connectivity index (χ0n) is 11.3. The van der Waals surface area contributed by atoms with Crippen molar-refractivity contribution in [3.8, 4) is 0 Å². The number of aromatic nitrogens is 1. The normalized spacial score (nSPS) is 10.8. The molecule has 3 rings (SSSR count). The first-order valence-corrected chi connectivity index (χ1v) is 6.68. The topological polar surface area (TPSA) is 62.5 Å². The third kappa shape index (κ3) is 2.74. The van der Waals surface area contributed by atoms with Gasteiger partial charge in [0.25, 0.3) is 0 Å². The highest BCUT2D eigenvalue weighted by molar-refractivity contribution is 6.58. The Hall–Kier alpha value is -2.37. The van der Waals surface area contributed by atoms with Crippen molar-refractivity contribution in [1.29, 1.82) is 0 Å². The van der Waals surface area contributed by atoms with Crippen molar-refractivity contribution >= 4 is 23.5 Å². The molecule has 3 aromatic rings. The molecule has 0 radical (unpaired) electrons. The molecule has 2 aromatic carbocycles. The summed E-state index contributed by atoms with van der Waals surface area (Å²) in [5.41, 5.74) is 2.26. The second-order valence-electron chi connectivity index (χ2n) is 4.94. The van der Waals surface area contributed by atoms with Crippen LogP contribution in [0.4, 0.5) is 0 Å². The van der Waals surface area contributed by atoms with Gasteiger partial charge in [0.15, 0.2) is 5.43 Å². The van der Waals surface area contributed by atoms with Crippen LogP contribution in [0.1, 0.15) is 5.56 Å². The summed E-state index contributed by atoms with van der Waals surface area (Å²) in [6.45, 7) is 0.557. The Morgan fingerprint density at radius 3 is 2.62 bits per heavy atom. The standard InChI is InChI=1S/C16H14BNO3/c19-16-8-9-18(15-7-2-1-6-14(15)16)11-12-4-3-5-13(10-12)17(20)21/h1-10,20-21H,11H2. The molecule has 0 saturated carbocycles. The number of rotatable bonds is 3. The second kappa shape index (κ2) is 5.56. The molecular weight excluding hydrogens is 265 g/mol. The predicted molar refractivity (Wildman–Crippen MR) is 83.6 cm³/mol. The predicted octanol–water partition coefficient (Wildman–Crippen LogP) is 0.730. The van der Waals surface area contributed by atoms with Gasteiger partial charge in [-0.15, -0.1) is 0 Å². The molecule has 0 amide bonds. The fourth-order valence-electron chi connectivity index (χ4n) is 2.45. The van der Waals surface area contributed by atoms with E-state index in [0.29, 0.717) is 17.4 Å². The zero-order chi connectivity index (χ0) is 14.8. The van der Waals surface area contributed by atoms with E-state index in [0.717, 1.165) is 11.1 Å². The molecule has 21 heavy (non-hydrogen) atoms. The van der Waals surface area contributed by atoms with Crippen molar-refractivity contribution in [2.75, 3.05) is 0 Å². The first-order chi connectivity index (χ1) is 10.1. The first kappa shape index (κ1) is 13.6. The molecule has 0 unspecified atom stereocenters. The molecule has 1 aromatic heterocycles. The number of hydrogen-bond donors (Lipinski definition) is 2. The molecule has 104 valence electrons. The Morgan fingerprint density at radius 1 is 1.00 bits per heavy atom. The molecule has 4 nitrogen and oxygen atoms in total. The van der Waals surface area contributed by atoms with Crippen molar-refractivity contribution in [2.24, 2.45) is 0 Å². The van der Waals surface area contributed by atoms with Crippen molar-refractivity contribution in [3.63, 3.8) is 0 Å². The van der Waals surface area contributed by atoms with Crippen molar-refractivity contribution in [2.45, 2.75) is 6.54 Å². The van der Waals surface area contributed by atoms with Gasteiger partial charge in [0.05, 0.1) is 5.52 Å². The lowest BCUT2D eigenvalue weighted by Crippen LogP contribution is -2.30. The molecule has 1 heterocycles. The fraction of sp³-hybridized carbons (Fsp3) is 0.0625. The summed E-state index contributed by atoms with van der Waals surface area (Å²) < 4.78 is 1.97. The Balaban J connectivity index is 2.05. The zero-order valence-corrected chi connectivity index (χ0v) is 11.3. The van der Waals surface area contributed by atoms with Gasteiger partial charge >= 0.3 is 7.12 Å². The highest BCUT2D eigenvalue weighted by Crippen LogP contribution is 2.11. The van der Waals surface area contributed by atoms with Crippen LogP contribution in [0.2, 0.25) is 0 Å². The van der Waals surface area contributed by atoms with E-state index in [1.807, 2.05) is 34.9 Å². The molecule has 5 heteroatoms. The molecule has 0 aliphatic carbocycles. The fourth-order valence-corrected chi connectivity index (χ4v) is 2.45. The van der Waals surface area contributed by atoms with Crippen LogP contribution in [0.5, 0.6) is 0 Å². The molecular formula is C16H14BNO3. The van der Waals surface area contributed by atoms with E-state index in [-0.39, 0.29) is 5.43 Å². The summed E-state index contributed by atoms with van der Waals surface area (Å²) in [4.78, 5) is 11.8. The van der Waals surface area contributed by atoms with E-state index in [1.165, 1.54) is 0 Å². The number of para-hydroxylation sites is 1. The van der Waals surface area contributed by atoms with Gasteiger partial charge < -0.3 is 14.6 Å². The van der Waals surface area contributed by atoms with Gasteiger partial charge in [-0.3, -0.25) is 4.79 Å². The molecule has 0 aliphatic rings. The van der Waals surface area contributed by atoms with Crippen LogP contribution in [0, 0.1) is 0 Å². The lowest BCUT2D eigenvalue weighted by atomic mass is 9.79. The summed E-state index contributed by atoms with van der Waals surface area (Å²) in [7, 11) is -1.48. The number of fused-ring (bicyclic) bond motifs is 1. The minimum atomic E-state index is -1.48. The smallest absolute Gasteiger partial charge is 0.423 e. The van der Waals surface area contributed by atoms with Crippen LogP contribution in [-0.4, -0.2) is 21.7 Å². The Kier molecular flexibility index (Phi) is 3.60. The van der Waals surface area contributed by atoms with Crippen molar-refractivity contribution in [1.82, 2.24) is 4.57 Å². The van der Waals surface area contributed by atoms with Gasteiger partial charge in [0.2, 0.25) is 0 Å². The Bertz CT molecular complexity index is 842. The van der Waals surface area contributed by atoms with Crippen molar-refractivity contribution < 1.29 is 10.0 Å². The van der Waals surface area contributed by atoms with Gasteiger partial charge in [-0.05, 0) is 23.2 Å². The third-order valence-electron chi connectivity index (χ3n) is 3.49. The molecule has 0 atom stereocenters. The molecule has 0 bridgehead atoms. The average Bonchev–Trinajstić information content (AvgIpc) is 2.51. The minimum absolute atomic E-state index is 0.00128. The van der Waals surface area contributed by atoms with Gasteiger partial charge in [-0.1, -0.05) is 36.4 Å². The van der Waals surface area contributed by atoms with E-state index in [1.54, 1.807) is 30.5 Å².